The molecule has 0 aliphatic heterocycles. The van der Waals surface area contributed by atoms with Gasteiger partial charge in [-0.3, -0.25) is 0 Å². The van der Waals surface area contributed by atoms with Crippen LogP contribution in [0.4, 0.5) is 0 Å². The molecular weight excluding hydrogens is 224 g/mol. The number of hydrogen-bond donors (Lipinski definition) is 0. The van der Waals surface area contributed by atoms with Gasteiger partial charge in [-0.15, -0.1) is 5.26 Å². The number of hydrogen-bond acceptors (Lipinski definition) is 3. The van der Waals surface area contributed by atoms with E-state index in [-0.39, 0.29) is 0 Å². The number of nitriles is 2. The zero-order chi connectivity index (χ0) is 12.8. The summed E-state index contributed by atoms with van der Waals surface area (Å²) in [4.78, 5) is 0. The maximum absolute atomic E-state index is 8.84. The fraction of sp³-hybridized carbons (Fsp3) is 0.0667. The summed E-state index contributed by atoms with van der Waals surface area (Å²) in [5, 5.41) is 17.3. The van der Waals surface area contributed by atoms with Crippen molar-refractivity contribution >= 4 is 0 Å². The molecule has 0 heterocycles. The van der Waals surface area contributed by atoms with Gasteiger partial charge >= 0.3 is 0 Å². The van der Waals surface area contributed by atoms with Gasteiger partial charge in [0, 0.05) is 0 Å². The summed E-state index contributed by atoms with van der Waals surface area (Å²) in [5.74, 6) is 0.534. The molecule has 2 aromatic rings. The van der Waals surface area contributed by atoms with Gasteiger partial charge in [-0.2, -0.15) is 5.26 Å². The first-order valence-electron chi connectivity index (χ1n) is 5.46. The minimum absolute atomic E-state index is 0.534. The lowest BCUT2D eigenvalue weighted by Crippen LogP contribution is -1.90. The van der Waals surface area contributed by atoms with E-state index in [9.17, 15) is 0 Å². The van der Waals surface area contributed by atoms with E-state index in [0.717, 1.165) is 11.1 Å². The van der Waals surface area contributed by atoms with Crippen molar-refractivity contribution in [2.24, 2.45) is 0 Å². The van der Waals surface area contributed by atoms with Crippen molar-refractivity contribution in [3.8, 4) is 18.1 Å². The van der Waals surface area contributed by atoms with Gasteiger partial charge in [0.25, 0.3) is 6.26 Å². The summed E-state index contributed by atoms with van der Waals surface area (Å²) < 4.78 is 4.78. The molecule has 0 aliphatic carbocycles. The number of nitrogens with zero attached hydrogens (tertiary/aromatic N) is 2. The molecule has 0 amide bonds. The van der Waals surface area contributed by atoms with Crippen LogP contribution < -0.4 is 4.74 Å². The van der Waals surface area contributed by atoms with Crippen molar-refractivity contribution in [2.75, 3.05) is 0 Å². The summed E-state index contributed by atoms with van der Waals surface area (Å²) in [7, 11) is 0. The third-order valence-corrected chi connectivity index (χ3v) is 2.53. The van der Waals surface area contributed by atoms with E-state index < -0.39 is 0 Å². The van der Waals surface area contributed by atoms with Crippen molar-refractivity contribution in [3.05, 3.63) is 65.2 Å². The van der Waals surface area contributed by atoms with E-state index in [0.29, 0.717) is 17.7 Å². The SMILES string of the molecule is N#COc1cccc(Cc2cccc(C#N)c2)c1. The average Bonchev–Trinajstić information content (AvgIpc) is 2.40. The number of rotatable bonds is 3. The molecular formula is C15H10N2O. The van der Waals surface area contributed by atoms with Gasteiger partial charge in [0.05, 0.1) is 11.6 Å². The van der Waals surface area contributed by atoms with Gasteiger partial charge in [0.15, 0.2) is 0 Å². The van der Waals surface area contributed by atoms with E-state index in [1.54, 1.807) is 18.4 Å². The molecule has 0 atom stereocenters. The topological polar surface area (TPSA) is 56.8 Å². The zero-order valence-electron chi connectivity index (χ0n) is 9.63. The molecule has 86 valence electrons. The molecule has 3 heteroatoms. The van der Waals surface area contributed by atoms with Crippen molar-refractivity contribution < 1.29 is 4.74 Å². The minimum Gasteiger partial charge on any atom is -0.388 e. The van der Waals surface area contributed by atoms with E-state index in [2.05, 4.69) is 6.07 Å². The lowest BCUT2D eigenvalue weighted by molar-refractivity contribution is 0.506. The maximum Gasteiger partial charge on any atom is 0.292 e. The first-order valence-corrected chi connectivity index (χ1v) is 5.46. The lowest BCUT2D eigenvalue weighted by Gasteiger charge is -2.03. The van der Waals surface area contributed by atoms with Gasteiger partial charge in [0.2, 0.25) is 0 Å². The molecule has 3 nitrogen and oxygen atoms in total. The van der Waals surface area contributed by atoms with Crippen molar-refractivity contribution in [1.82, 2.24) is 0 Å². The van der Waals surface area contributed by atoms with Crippen LogP contribution in [-0.2, 0) is 6.42 Å². The predicted molar refractivity (Wildman–Crippen MR) is 66.6 cm³/mol. The highest BCUT2D eigenvalue weighted by atomic mass is 16.5. The molecule has 2 rings (SSSR count). The molecule has 0 N–H and O–H groups in total. The summed E-state index contributed by atoms with van der Waals surface area (Å²) in [6.45, 7) is 0. The number of ether oxygens (including phenoxy) is 1. The molecule has 18 heavy (non-hydrogen) atoms. The maximum atomic E-state index is 8.84. The predicted octanol–water partition coefficient (Wildman–Crippen LogP) is 3.01. The third kappa shape index (κ3) is 2.87. The fourth-order valence-corrected chi connectivity index (χ4v) is 1.76. The van der Waals surface area contributed by atoms with E-state index >= 15 is 0 Å². The molecule has 0 saturated heterocycles. The summed E-state index contributed by atoms with van der Waals surface area (Å²) >= 11 is 0. The van der Waals surface area contributed by atoms with Crippen LogP contribution >= 0.6 is 0 Å². The second kappa shape index (κ2) is 5.52. The molecule has 0 radical (unpaired) electrons. The highest BCUT2D eigenvalue weighted by molar-refractivity contribution is 5.37. The van der Waals surface area contributed by atoms with Gasteiger partial charge in [-0.05, 0) is 41.8 Å². The fourth-order valence-electron chi connectivity index (χ4n) is 1.76. The highest BCUT2D eigenvalue weighted by Gasteiger charge is 2.00. The molecule has 0 saturated carbocycles. The van der Waals surface area contributed by atoms with Crippen LogP contribution in [0.15, 0.2) is 48.5 Å². The molecule has 2 aromatic carbocycles. The molecule has 0 unspecified atom stereocenters. The monoisotopic (exact) mass is 234 g/mol. The molecule has 0 aromatic heterocycles. The third-order valence-electron chi connectivity index (χ3n) is 2.53. The Kier molecular flexibility index (Phi) is 3.59. The molecule has 0 aliphatic rings. The second-order valence-corrected chi connectivity index (χ2v) is 3.83. The zero-order valence-corrected chi connectivity index (χ0v) is 9.63. The largest absolute Gasteiger partial charge is 0.388 e. The van der Waals surface area contributed by atoms with E-state index in [1.807, 2.05) is 36.4 Å². The first-order chi connectivity index (χ1) is 8.81. The normalized spacial score (nSPS) is 9.22. The number of benzene rings is 2. The van der Waals surface area contributed by atoms with Gasteiger partial charge in [0.1, 0.15) is 5.75 Å². The van der Waals surface area contributed by atoms with Crippen LogP contribution in [0.2, 0.25) is 0 Å². The smallest absolute Gasteiger partial charge is 0.292 e. The minimum atomic E-state index is 0.534. The summed E-state index contributed by atoms with van der Waals surface area (Å²) in [6.07, 6.45) is 2.36. The Balaban J connectivity index is 2.21. The molecule has 0 fully saturated rings. The Morgan fingerprint density at radius 3 is 2.39 bits per heavy atom. The van der Waals surface area contributed by atoms with E-state index in [4.69, 9.17) is 15.3 Å². The molecule has 0 bridgehead atoms. The Bertz CT molecular complexity index is 635. The molecule has 0 spiro atoms. The Morgan fingerprint density at radius 1 is 0.944 bits per heavy atom. The van der Waals surface area contributed by atoms with Crippen LogP contribution in [0, 0.1) is 22.8 Å². The lowest BCUT2D eigenvalue weighted by atomic mass is 10.0. The van der Waals surface area contributed by atoms with Crippen LogP contribution in [0.25, 0.3) is 0 Å². The van der Waals surface area contributed by atoms with Crippen molar-refractivity contribution in [1.29, 1.82) is 10.5 Å². The summed E-state index contributed by atoms with van der Waals surface area (Å²) in [6, 6.07) is 16.9. The van der Waals surface area contributed by atoms with Crippen LogP contribution in [0.1, 0.15) is 16.7 Å². The van der Waals surface area contributed by atoms with Crippen molar-refractivity contribution in [2.45, 2.75) is 6.42 Å². The van der Waals surface area contributed by atoms with Gasteiger partial charge < -0.3 is 4.74 Å². The summed E-state index contributed by atoms with van der Waals surface area (Å²) in [5.41, 5.74) is 2.75. The van der Waals surface area contributed by atoms with Crippen LogP contribution in [-0.4, -0.2) is 0 Å². The Labute approximate surface area is 105 Å². The van der Waals surface area contributed by atoms with Gasteiger partial charge in [-0.25, -0.2) is 0 Å². The van der Waals surface area contributed by atoms with Crippen molar-refractivity contribution in [3.63, 3.8) is 0 Å². The highest BCUT2D eigenvalue weighted by Crippen LogP contribution is 2.17. The van der Waals surface area contributed by atoms with Gasteiger partial charge in [-0.1, -0.05) is 24.3 Å². The van der Waals surface area contributed by atoms with Crippen LogP contribution in [0.3, 0.4) is 0 Å². The standard InChI is InChI=1S/C15H10N2O/c16-10-14-5-1-3-12(8-14)7-13-4-2-6-15(9-13)18-11-17/h1-6,8-9H,7H2. The Morgan fingerprint density at radius 2 is 1.67 bits per heavy atom. The van der Waals surface area contributed by atoms with E-state index in [1.165, 1.54) is 0 Å². The Hall–Kier alpha value is -2.78. The first kappa shape index (κ1) is 11.7. The van der Waals surface area contributed by atoms with Crippen LogP contribution in [0.5, 0.6) is 5.75 Å². The second-order valence-electron chi connectivity index (χ2n) is 3.83. The quantitative estimate of drug-likeness (QED) is 0.767. The average molecular weight is 234 g/mol.